The van der Waals surface area contributed by atoms with Crippen molar-refractivity contribution in [3.8, 4) is 11.4 Å². The molecule has 10 heteroatoms. The van der Waals surface area contributed by atoms with Crippen LogP contribution in [-0.4, -0.2) is 35.7 Å². The number of aryl methyl sites for hydroxylation is 2. The molecule has 0 amide bonds. The molecule has 0 fully saturated rings. The van der Waals surface area contributed by atoms with Gasteiger partial charge in [0.1, 0.15) is 5.75 Å². The van der Waals surface area contributed by atoms with E-state index in [1.165, 1.54) is 29.0 Å². The lowest BCUT2D eigenvalue weighted by Crippen LogP contribution is -2.20. The Morgan fingerprint density at radius 3 is 2.55 bits per heavy atom. The molecule has 3 rings (SSSR count). The van der Waals surface area contributed by atoms with Gasteiger partial charge in [0, 0.05) is 11.9 Å². The summed E-state index contributed by atoms with van der Waals surface area (Å²) in [7, 11) is -3.97. The number of aromatic nitrogens is 2. The number of sulfonamides is 1. The number of carboxylic acid groups (broad SMARTS) is 1. The second-order valence-electron chi connectivity index (χ2n) is 6.30. The van der Waals surface area contributed by atoms with Crippen molar-refractivity contribution in [2.75, 3.05) is 11.3 Å². The zero-order valence-corrected chi connectivity index (χ0v) is 16.5. The van der Waals surface area contributed by atoms with E-state index in [0.717, 1.165) is 0 Å². The van der Waals surface area contributed by atoms with Crippen molar-refractivity contribution in [1.82, 2.24) is 9.55 Å². The third-order valence-electron chi connectivity index (χ3n) is 4.16. The van der Waals surface area contributed by atoms with Crippen molar-refractivity contribution in [2.24, 2.45) is 0 Å². The summed E-state index contributed by atoms with van der Waals surface area (Å²) in [5.74, 6) is -0.851. The maximum absolute atomic E-state index is 12.9. The molecular formula is C19H19N3O6S. The zero-order valence-electron chi connectivity index (χ0n) is 15.7. The Kier molecular flexibility index (Phi) is 5.46. The van der Waals surface area contributed by atoms with Crippen molar-refractivity contribution in [2.45, 2.75) is 18.7 Å². The summed E-state index contributed by atoms with van der Waals surface area (Å²) >= 11 is 0. The molecule has 0 atom stereocenters. The van der Waals surface area contributed by atoms with Crippen molar-refractivity contribution < 1.29 is 23.1 Å². The zero-order chi connectivity index (χ0) is 21.2. The number of carboxylic acids is 1. The fraction of sp³-hybridized carbons (Fsp3) is 0.158. The smallest absolute Gasteiger partial charge is 0.341 e. The first kappa shape index (κ1) is 20.2. The van der Waals surface area contributed by atoms with Gasteiger partial charge < -0.3 is 14.8 Å². The average molecular weight is 417 g/mol. The number of ether oxygens (including phenoxy) is 1. The van der Waals surface area contributed by atoms with Gasteiger partial charge in [-0.1, -0.05) is 12.1 Å². The third kappa shape index (κ3) is 4.32. The first-order valence-electron chi connectivity index (χ1n) is 8.53. The van der Waals surface area contributed by atoms with Gasteiger partial charge in [0.2, 0.25) is 0 Å². The highest BCUT2D eigenvalue weighted by atomic mass is 32.2. The van der Waals surface area contributed by atoms with Crippen LogP contribution in [0.15, 0.2) is 58.4 Å². The quantitative estimate of drug-likeness (QED) is 0.539. The predicted molar refractivity (Wildman–Crippen MR) is 106 cm³/mol. The van der Waals surface area contributed by atoms with Gasteiger partial charge in [-0.05, 0) is 49.7 Å². The Bertz CT molecular complexity index is 1230. The molecule has 0 saturated carbocycles. The maximum Gasteiger partial charge on any atom is 0.341 e. The van der Waals surface area contributed by atoms with Gasteiger partial charge in [-0.15, -0.1) is 0 Å². The lowest BCUT2D eigenvalue weighted by molar-refractivity contribution is -0.139. The van der Waals surface area contributed by atoms with E-state index in [9.17, 15) is 18.0 Å². The molecule has 0 aliphatic rings. The van der Waals surface area contributed by atoms with Crippen LogP contribution in [0.1, 0.15) is 11.3 Å². The number of nitrogens with zero attached hydrogens (tertiary/aromatic N) is 1. The first-order valence-corrected chi connectivity index (χ1v) is 10.0. The molecule has 1 aromatic heterocycles. The van der Waals surface area contributed by atoms with Crippen LogP contribution >= 0.6 is 0 Å². The molecule has 0 saturated heterocycles. The van der Waals surface area contributed by atoms with Crippen molar-refractivity contribution >= 4 is 21.7 Å². The summed E-state index contributed by atoms with van der Waals surface area (Å²) in [6.07, 6.45) is 1.53. The molecule has 9 nitrogen and oxygen atoms in total. The van der Waals surface area contributed by atoms with Crippen LogP contribution in [0.3, 0.4) is 0 Å². The molecule has 0 bridgehead atoms. The van der Waals surface area contributed by atoms with Crippen molar-refractivity contribution in [3.05, 3.63) is 70.4 Å². The fourth-order valence-electron chi connectivity index (χ4n) is 2.80. The van der Waals surface area contributed by atoms with Gasteiger partial charge in [0.05, 0.1) is 16.3 Å². The summed E-state index contributed by atoms with van der Waals surface area (Å²) in [6, 6.07) is 10.7. The Labute approximate surface area is 166 Å². The lowest BCUT2D eigenvalue weighted by atomic mass is 10.2. The summed E-state index contributed by atoms with van der Waals surface area (Å²) in [4.78, 5) is 25.3. The van der Waals surface area contributed by atoms with E-state index in [1.807, 2.05) is 0 Å². The molecule has 0 unspecified atom stereocenters. The number of hydrogen-bond donors (Lipinski definition) is 3. The SMILES string of the molecule is Cc1cc(S(=O)(=O)Nc2ccccc2-n2c(C)c[nH]c2=O)ccc1OCC(=O)O. The van der Waals surface area contributed by atoms with E-state index in [4.69, 9.17) is 9.84 Å². The highest BCUT2D eigenvalue weighted by molar-refractivity contribution is 7.92. The Morgan fingerprint density at radius 2 is 1.93 bits per heavy atom. The summed E-state index contributed by atoms with van der Waals surface area (Å²) in [5.41, 5.74) is 1.33. The van der Waals surface area contributed by atoms with Crippen LogP contribution in [0.25, 0.3) is 5.69 Å². The van der Waals surface area contributed by atoms with Gasteiger partial charge in [-0.3, -0.25) is 9.29 Å². The number of aliphatic carboxylic acids is 1. The second-order valence-corrected chi connectivity index (χ2v) is 7.99. The van der Waals surface area contributed by atoms with E-state index in [-0.39, 0.29) is 22.0 Å². The van der Waals surface area contributed by atoms with Crippen LogP contribution in [0, 0.1) is 13.8 Å². The number of carbonyl (C=O) groups is 1. The number of hydrogen-bond acceptors (Lipinski definition) is 5. The fourth-order valence-corrected chi connectivity index (χ4v) is 3.96. The van der Waals surface area contributed by atoms with E-state index >= 15 is 0 Å². The molecule has 0 spiro atoms. The minimum absolute atomic E-state index is 0.0226. The number of H-pyrrole nitrogens is 1. The van der Waals surface area contributed by atoms with Gasteiger partial charge in [-0.2, -0.15) is 0 Å². The second kappa shape index (κ2) is 7.84. The minimum Gasteiger partial charge on any atom is -0.482 e. The van der Waals surface area contributed by atoms with Gasteiger partial charge in [0.15, 0.2) is 6.61 Å². The Balaban J connectivity index is 1.94. The highest BCUT2D eigenvalue weighted by Gasteiger charge is 2.19. The molecule has 2 aromatic carbocycles. The van der Waals surface area contributed by atoms with Crippen LogP contribution in [0.2, 0.25) is 0 Å². The van der Waals surface area contributed by atoms with Crippen LogP contribution in [-0.2, 0) is 14.8 Å². The Hall–Kier alpha value is -3.53. The number of rotatable bonds is 7. The van der Waals surface area contributed by atoms with Crippen molar-refractivity contribution in [3.63, 3.8) is 0 Å². The molecule has 29 heavy (non-hydrogen) atoms. The van der Waals surface area contributed by atoms with E-state index < -0.39 is 22.6 Å². The molecule has 3 N–H and O–H groups in total. The number of imidazole rings is 1. The number of anilines is 1. The topological polar surface area (TPSA) is 130 Å². The minimum atomic E-state index is -3.97. The third-order valence-corrected chi connectivity index (χ3v) is 5.52. The van der Waals surface area contributed by atoms with E-state index in [0.29, 0.717) is 16.9 Å². The molecule has 0 radical (unpaired) electrons. The van der Waals surface area contributed by atoms with Crippen molar-refractivity contribution in [1.29, 1.82) is 0 Å². The normalized spacial score (nSPS) is 11.2. The molecule has 3 aromatic rings. The van der Waals surface area contributed by atoms with Crippen LogP contribution in [0.5, 0.6) is 5.75 Å². The molecule has 0 aliphatic carbocycles. The molecule has 152 valence electrons. The summed E-state index contributed by atoms with van der Waals surface area (Å²) in [6.45, 7) is 2.82. The van der Waals surface area contributed by atoms with Crippen LogP contribution in [0.4, 0.5) is 5.69 Å². The highest BCUT2D eigenvalue weighted by Crippen LogP contribution is 2.26. The predicted octanol–water partition coefficient (Wildman–Crippen LogP) is 2.05. The maximum atomic E-state index is 12.9. The number of aromatic amines is 1. The largest absolute Gasteiger partial charge is 0.482 e. The molecular weight excluding hydrogens is 398 g/mol. The molecule has 0 aliphatic heterocycles. The monoisotopic (exact) mass is 417 g/mol. The average Bonchev–Trinajstić information content (AvgIpc) is 2.99. The van der Waals surface area contributed by atoms with Gasteiger partial charge in [0.25, 0.3) is 10.0 Å². The van der Waals surface area contributed by atoms with Gasteiger partial charge in [-0.25, -0.2) is 18.0 Å². The number of para-hydroxylation sites is 2. The number of benzene rings is 2. The lowest BCUT2D eigenvalue weighted by Gasteiger charge is -2.15. The van der Waals surface area contributed by atoms with Gasteiger partial charge >= 0.3 is 11.7 Å². The first-order chi connectivity index (χ1) is 13.7. The van der Waals surface area contributed by atoms with E-state index in [2.05, 4.69) is 9.71 Å². The summed E-state index contributed by atoms with van der Waals surface area (Å²) in [5, 5.41) is 8.70. The van der Waals surface area contributed by atoms with E-state index in [1.54, 1.807) is 38.1 Å². The standard InChI is InChI=1S/C19H19N3O6S/c1-12-9-14(7-8-17(12)28-11-18(23)24)29(26,27)21-15-5-3-4-6-16(15)22-13(2)10-20-19(22)25/h3-10,21H,11H2,1-2H3,(H,20,25)(H,23,24). The number of nitrogens with one attached hydrogen (secondary N) is 2. The summed E-state index contributed by atoms with van der Waals surface area (Å²) < 4.78 is 34.8. The Morgan fingerprint density at radius 1 is 1.21 bits per heavy atom. The molecule has 1 heterocycles. The van der Waals surface area contributed by atoms with Crippen LogP contribution < -0.4 is 15.1 Å².